The molecule has 0 bridgehead atoms. The average Bonchev–Trinajstić information content (AvgIpc) is 2.80. The van der Waals surface area contributed by atoms with E-state index in [-0.39, 0.29) is 27.7 Å². The Labute approximate surface area is 203 Å². The van der Waals surface area contributed by atoms with Gasteiger partial charge in [0.1, 0.15) is 11.6 Å². The predicted molar refractivity (Wildman–Crippen MR) is 130 cm³/mol. The molecule has 9 heteroatoms. The first-order chi connectivity index (χ1) is 16.2. The monoisotopic (exact) mass is 503 g/mol. The number of sulfonamides is 1. The van der Waals surface area contributed by atoms with Crippen molar-refractivity contribution >= 4 is 38.6 Å². The van der Waals surface area contributed by atoms with Crippen LogP contribution in [-0.4, -0.2) is 20.4 Å². The Bertz CT molecular complexity index is 1400. The Morgan fingerprint density at radius 3 is 2.50 bits per heavy atom. The fraction of sp³-hybridized carbons (Fsp3) is 0.360. The second-order valence-corrected chi connectivity index (χ2v) is 10.7. The van der Waals surface area contributed by atoms with Crippen LogP contribution in [-0.2, 0) is 27.7 Å². The highest BCUT2D eigenvalue weighted by atomic mass is 35.5. The quantitative estimate of drug-likeness (QED) is 0.285. The van der Waals surface area contributed by atoms with Gasteiger partial charge in [-0.05, 0) is 62.8 Å². The zero-order valence-corrected chi connectivity index (χ0v) is 20.6. The van der Waals surface area contributed by atoms with Gasteiger partial charge in [-0.1, -0.05) is 42.6 Å². The third-order valence-corrected chi connectivity index (χ3v) is 7.76. The smallest absolute Gasteiger partial charge is 0.339 e. The van der Waals surface area contributed by atoms with E-state index in [2.05, 4.69) is 4.72 Å². The van der Waals surface area contributed by atoms with Crippen LogP contribution in [0.15, 0.2) is 50.5 Å². The van der Waals surface area contributed by atoms with Crippen molar-refractivity contribution in [3.8, 4) is 5.75 Å². The molecule has 0 amide bonds. The van der Waals surface area contributed by atoms with Gasteiger partial charge in [-0.25, -0.2) is 18.0 Å². The maximum Gasteiger partial charge on any atom is 0.339 e. The van der Waals surface area contributed by atoms with E-state index in [4.69, 9.17) is 20.8 Å². The number of hydrogen-bond donors (Lipinski definition) is 1. The van der Waals surface area contributed by atoms with Crippen molar-refractivity contribution in [2.45, 2.75) is 63.3 Å². The molecule has 1 N–H and O–H groups in total. The summed E-state index contributed by atoms with van der Waals surface area (Å²) in [7, 11) is -3.94. The Kier molecular flexibility index (Phi) is 7.12. The van der Waals surface area contributed by atoms with Crippen molar-refractivity contribution in [3.63, 3.8) is 0 Å². The number of fused-ring (bicyclic) bond motifs is 3. The van der Waals surface area contributed by atoms with Gasteiger partial charge in [0.05, 0.1) is 9.92 Å². The molecule has 1 aliphatic carbocycles. The summed E-state index contributed by atoms with van der Waals surface area (Å²) in [6, 6.07) is 8.27. The second kappa shape index (κ2) is 9.90. The number of ether oxygens (including phenoxy) is 1. The summed E-state index contributed by atoms with van der Waals surface area (Å²) in [6.45, 7) is 3.69. The third-order valence-electron chi connectivity index (χ3n) is 5.98. The number of carbonyl (C=O) groups is 1. The molecule has 0 saturated heterocycles. The molecule has 3 aromatic rings. The molecule has 0 aliphatic heterocycles. The van der Waals surface area contributed by atoms with Crippen LogP contribution in [0, 0.1) is 6.92 Å². The molecule has 2 aromatic carbocycles. The van der Waals surface area contributed by atoms with Crippen molar-refractivity contribution in [1.29, 1.82) is 0 Å². The number of halogens is 1. The fourth-order valence-corrected chi connectivity index (χ4v) is 5.61. The minimum absolute atomic E-state index is 0.00807. The van der Waals surface area contributed by atoms with Gasteiger partial charge in [-0.3, -0.25) is 0 Å². The lowest BCUT2D eigenvalue weighted by molar-refractivity contribution is -0.136. The second-order valence-electron chi connectivity index (χ2n) is 8.53. The molecule has 7 nitrogen and oxygen atoms in total. The molecule has 1 heterocycles. The summed E-state index contributed by atoms with van der Waals surface area (Å²) in [5, 5.41) is 0.906. The van der Waals surface area contributed by atoms with E-state index in [9.17, 15) is 18.0 Å². The van der Waals surface area contributed by atoms with Crippen LogP contribution in [0.4, 0.5) is 0 Å². The van der Waals surface area contributed by atoms with Gasteiger partial charge in [-0.15, -0.1) is 0 Å². The first-order valence-electron chi connectivity index (χ1n) is 11.3. The Hall–Kier alpha value is -2.68. The van der Waals surface area contributed by atoms with Crippen LogP contribution in [0.3, 0.4) is 0 Å². The van der Waals surface area contributed by atoms with E-state index in [1.54, 1.807) is 18.2 Å². The van der Waals surface area contributed by atoms with Gasteiger partial charge in [0.25, 0.3) is 0 Å². The molecular formula is C25H26ClNO6S. The average molecular weight is 504 g/mol. The molecule has 1 aromatic heterocycles. The minimum Gasteiger partial charge on any atom is -0.424 e. The van der Waals surface area contributed by atoms with E-state index in [0.717, 1.165) is 35.8 Å². The summed E-state index contributed by atoms with van der Waals surface area (Å²) in [5.74, 6) is -0.784. The molecule has 180 valence electrons. The number of nitrogens with one attached hydrogen (secondary N) is 1. The number of hydrogen-bond acceptors (Lipinski definition) is 6. The van der Waals surface area contributed by atoms with Gasteiger partial charge >= 0.3 is 11.6 Å². The summed E-state index contributed by atoms with van der Waals surface area (Å²) in [6.07, 6.45) is 4.11. The zero-order valence-electron chi connectivity index (χ0n) is 19.0. The van der Waals surface area contributed by atoms with E-state index in [0.29, 0.717) is 18.4 Å². The van der Waals surface area contributed by atoms with Crippen LogP contribution in [0.1, 0.15) is 49.3 Å². The number of rotatable bonds is 7. The van der Waals surface area contributed by atoms with Crippen molar-refractivity contribution in [3.05, 3.63) is 68.5 Å². The van der Waals surface area contributed by atoms with Gasteiger partial charge in [-0.2, -0.15) is 4.72 Å². The fourth-order valence-electron chi connectivity index (χ4n) is 4.19. The molecule has 1 unspecified atom stereocenters. The molecule has 34 heavy (non-hydrogen) atoms. The number of benzene rings is 2. The minimum atomic E-state index is -3.94. The molecule has 0 fully saturated rings. The van der Waals surface area contributed by atoms with Crippen molar-refractivity contribution < 1.29 is 22.4 Å². The van der Waals surface area contributed by atoms with Crippen LogP contribution >= 0.6 is 11.6 Å². The predicted octanol–water partition coefficient (Wildman–Crippen LogP) is 4.69. The van der Waals surface area contributed by atoms with Crippen LogP contribution in [0.25, 0.3) is 11.0 Å². The summed E-state index contributed by atoms with van der Waals surface area (Å²) >= 11 is 6.42. The Morgan fingerprint density at radius 2 is 1.82 bits per heavy atom. The van der Waals surface area contributed by atoms with Crippen LogP contribution in [0.2, 0.25) is 5.02 Å². The first kappa shape index (κ1) is 24.4. The lowest BCUT2D eigenvalue weighted by Gasteiger charge is -2.19. The lowest BCUT2D eigenvalue weighted by atomic mass is 9.91. The SMILES string of the molecule is CCCC(NS(=O)(=O)c1ccc(C)cc1)C(=O)Oc1cc2oc(=O)c3c(c2cc1Cl)CCCC3. The van der Waals surface area contributed by atoms with E-state index in [1.807, 2.05) is 13.8 Å². The third kappa shape index (κ3) is 5.04. The van der Waals surface area contributed by atoms with Crippen LogP contribution in [0.5, 0.6) is 5.75 Å². The van der Waals surface area contributed by atoms with E-state index < -0.39 is 27.7 Å². The molecule has 1 atom stereocenters. The van der Waals surface area contributed by atoms with Gasteiger partial charge < -0.3 is 9.15 Å². The Morgan fingerprint density at radius 1 is 1.15 bits per heavy atom. The topological polar surface area (TPSA) is 103 Å². The molecule has 4 rings (SSSR count). The number of carbonyl (C=O) groups excluding carboxylic acids is 1. The summed E-state index contributed by atoms with van der Waals surface area (Å²) in [4.78, 5) is 25.4. The van der Waals surface area contributed by atoms with Gasteiger partial charge in [0.2, 0.25) is 10.0 Å². The first-order valence-corrected chi connectivity index (χ1v) is 13.1. The van der Waals surface area contributed by atoms with E-state index >= 15 is 0 Å². The van der Waals surface area contributed by atoms with E-state index in [1.165, 1.54) is 18.2 Å². The molecular weight excluding hydrogens is 478 g/mol. The highest BCUT2D eigenvalue weighted by Crippen LogP contribution is 2.34. The largest absolute Gasteiger partial charge is 0.424 e. The summed E-state index contributed by atoms with van der Waals surface area (Å²) in [5.41, 5.74) is 2.41. The van der Waals surface area contributed by atoms with Crippen LogP contribution < -0.4 is 15.1 Å². The highest BCUT2D eigenvalue weighted by Gasteiger charge is 2.28. The Balaban J connectivity index is 1.61. The lowest BCUT2D eigenvalue weighted by Crippen LogP contribution is -2.42. The number of esters is 1. The zero-order chi connectivity index (χ0) is 24.5. The van der Waals surface area contributed by atoms with Crippen molar-refractivity contribution in [2.75, 3.05) is 0 Å². The maximum absolute atomic E-state index is 13.0. The molecule has 0 radical (unpaired) electrons. The number of aryl methyl sites for hydroxylation is 2. The van der Waals surface area contributed by atoms with Gasteiger partial charge in [0.15, 0.2) is 5.75 Å². The highest BCUT2D eigenvalue weighted by molar-refractivity contribution is 7.89. The summed E-state index contributed by atoms with van der Waals surface area (Å²) < 4.78 is 39.0. The van der Waals surface area contributed by atoms with Crippen molar-refractivity contribution in [1.82, 2.24) is 4.72 Å². The normalized spacial score (nSPS) is 14.6. The standard InChI is InChI=1S/C25H26ClNO6S/c1-3-6-21(27-34(30,31)16-11-9-15(2)10-12-16)25(29)33-23-14-22-19(13-20(23)26)17-7-4-5-8-18(17)24(28)32-22/h9-14,21,27H,3-8H2,1-2H3. The molecule has 0 spiro atoms. The molecule has 1 aliphatic rings. The molecule has 0 saturated carbocycles. The van der Waals surface area contributed by atoms with Gasteiger partial charge in [0, 0.05) is 17.0 Å². The van der Waals surface area contributed by atoms with Crippen molar-refractivity contribution in [2.24, 2.45) is 0 Å². The maximum atomic E-state index is 13.0.